The van der Waals surface area contributed by atoms with Gasteiger partial charge in [-0.1, -0.05) is 36.4 Å². The minimum absolute atomic E-state index is 0.192. The van der Waals surface area contributed by atoms with Crippen LogP contribution in [0.2, 0.25) is 0 Å². The van der Waals surface area contributed by atoms with Crippen molar-refractivity contribution in [3.05, 3.63) is 77.9 Å². The second-order valence-corrected chi connectivity index (χ2v) is 11.2. The SMILES string of the molecule is Cn1c2ccccc2c2cc(/C=C/C3=[N+](CCCS(=O)(=O)[O-])c4ccccc4C3(C)C)c(O)cc21. The Balaban J connectivity index is 1.60. The molecule has 0 saturated carbocycles. The molecule has 1 aliphatic heterocycles. The van der Waals surface area contributed by atoms with Crippen LogP contribution >= 0.6 is 0 Å². The van der Waals surface area contributed by atoms with Crippen LogP contribution in [0.4, 0.5) is 5.69 Å². The fraction of sp³-hybridized carbons (Fsp3) is 0.250. The first-order valence-electron chi connectivity index (χ1n) is 11.6. The number of hydrogen-bond acceptors (Lipinski definition) is 4. The van der Waals surface area contributed by atoms with E-state index in [0.29, 0.717) is 12.1 Å². The smallest absolute Gasteiger partial charge is 0.209 e. The second-order valence-electron chi connectivity index (χ2n) is 9.63. The molecule has 1 aromatic heterocycles. The van der Waals surface area contributed by atoms with Crippen LogP contribution in [0.1, 0.15) is 31.4 Å². The first-order chi connectivity index (χ1) is 16.6. The van der Waals surface area contributed by atoms with E-state index in [1.54, 1.807) is 6.07 Å². The van der Waals surface area contributed by atoms with Crippen molar-refractivity contribution in [3.8, 4) is 5.75 Å². The third-order valence-electron chi connectivity index (χ3n) is 7.06. The number of aromatic hydroxyl groups is 1. The van der Waals surface area contributed by atoms with Crippen LogP contribution in [0.5, 0.6) is 5.75 Å². The lowest BCUT2D eigenvalue weighted by molar-refractivity contribution is -0.437. The second kappa shape index (κ2) is 8.36. The van der Waals surface area contributed by atoms with Crippen molar-refractivity contribution in [2.45, 2.75) is 25.7 Å². The Labute approximate surface area is 205 Å². The quantitative estimate of drug-likeness (QED) is 0.304. The van der Waals surface area contributed by atoms with Crippen LogP contribution in [0, 0.1) is 0 Å². The highest BCUT2D eigenvalue weighted by Gasteiger charge is 2.43. The molecule has 0 atom stereocenters. The Morgan fingerprint density at radius 3 is 2.49 bits per heavy atom. The van der Waals surface area contributed by atoms with Crippen molar-refractivity contribution in [2.24, 2.45) is 7.05 Å². The molecule has 2 heterocycles. The molecular weight excluding hydrogens is 460 g/mol. The summed E-state index contributed by atoms with van der Waals surface area (Å²) in [4.78, 5) is 0. The summed E-state index contributed by atoms with van der Waals surface area (Å²) in [7, 11) is -2.28. The number of phenolic OH excluding ortho intramolecular Hbond substituents is 1. The number of allylic oxidation sites excluding steroid dienone is 1. The van der Waals surface area contributed by atoms with Gasteiger partial charge in [0, 0.05) is 64.8 Å². The van der Waals surface area contributed by atoms with Crippen molar-refractivity contribution in [1.82, 2.24) is 4.57 Å². The van der Waals surface area contributed by atoms with E-state index >= 15 is 0 Å². The number of benzene rings is 3. The maximum Gasteiger partial charge on any atom is 0.209 e. The largest absolute Gasteiger partial charge is 0.748 e. The molecule has 3 aromatic carbocycles. The van der Waals surface area contributed by atoms with Gasteiger partial charge in [-0.3, -0.25) is 0 Å². The zero-order valence-electron chi connectivity index (χ0n) is 20.0. The van der Waals surface area contributed by atoms with Crippen molar-refractivity contribution in [2.75, 3.05) is 12.3 Å². The minimum atomic E-state index is -4.28. The maximum absolute atomic E-state index is 11.2. The Morgan fingerprint density at radius 2 is 1.71 bits per heavy atom. The third-order valence-corrected chi connectivity index (χ3v) is 7.85. The summed E-state index contributed by atoms with van der Waals surface area (Å²) >= 11 is 0. The fourth-order valence-corrected chi connectivity index (χ4v) is 5.78. The number of fused-ring (bicyclic) bond motifs is 4. The van der Waals surface area contributed by atoms with Crippen LogP contribution < -0.4 is 0 Å². The molecule has 0 amide bonds. The highest BCUT2D eigenvalue weighted by Crippen LogP contribution is 2.40. The molecule has 0 radical (unpaired) electrons. The molecule has 0 bridgehead atoms. The third kappa shape index (κ3) is 4.05. The lowest BCUT2D eigenvalue weighted by Gasteiger charge is -2.15. The van der Waals surface area contributed by atoms with E-state index < -0.39 is 15.9 Å². The van der Waals surface area contributed by atoms with Gasteiger partial charge in [0.15, 0.2) is 5.71 Å². The molecule has 0 unspecified atom stereocenters. The zero-order chi connectivity index (χ0) is 25.0. The maximum atomic E-state index is 11.2. The predicted octanol–water partition coefficient (Wildman–Crippen LogP) is 5.06. The summed E-state index contributed by atoms with van der Waals surface area (Å²) in [5.41, 5.74) is 5.57. The normalized spacial score (nSPS) is 15.5. The molecule has 35 heavy (non-hydrogen) atoms. The molecule has 1 N–H and O–H groups in total. The average Bonchev–Trinajstić information content (AvgIpc) is 3.20. The van der Waals surface area contributed by atoms with E-state index in [4.69, 9.17) is 0 Å². The molecule has 1 aliphatic rings. The molecule has 180 valence electrons. The van der Waals surface area contributed by atoms with Gasteiger partial charge in [-0.2, -0.15) is 4.58 Å². The lowest BCUT2D eigenvalue weighted by Crippen LogP contribution is -2.28. The van der Waals surface area contributed by atoms with Crippen molar-refractivity contribution >= 4 is 49.4 Å². The summed E-state index contributed by atoms with van der Waals surface area (Å²) in [6.07, 6.45) is 4.15. The van der Waals surface area contributed by atoms with Crippen LogP contribution in [0.25, 0.3) is 27.9 Å². The number of hydrogen-bond donors (Lipinski definition) is 1. The first kappa shape index (κ1) is 23.3. The molecule has 0 aliphatic carbocycles. The number of aryl methyl sites for hydroxylation is 1. The monoisotopic (exact) mass is 488 g/mol. The number of phenols is 1. The van der Waals surface area contributed by atoms with E-state index in [2.05, 4.69) is 41.2 Å². The van der Waals surface area contributed by atoms with Gasteiger partial charge in [-0.05, 0) is 32.1 Å². The van der Waals surface area contributed by atoms with E-state index in [1.165, 1.54) is 0 Å². The molecule has 5 rings (SSSR count). The summed E-state index contributed by atoms with van der Waals surface area (Å²) in [6, 6.07) is 20.0. The first-order valence-corrected chi connectivity index (χ1v) is 13.2. The topological polar surface area (TPSA) is 85.4 Å². The Kier molecular flexibility index (Phi) is 5.57. The summed E-state index contributed by atoms with van der Waals surface area (Å²) in [5, 5.41) is 13.0. The van der Waals surface area contributed by atoms with Crippen molar-refractivity contribution in [3.63, 3.8) is 0 Å². The Bertz CT molecular complexity index is 1640. The van der Waals surface area contributed by atoms with Crippen molar-refractivity contribution < 1.29 is 22.7 Å². The molecule has 4 aromatic rings. The van der Waals surface area contributed by atoms with Gasteiger partial charge in [0.2, 0.25) is 5.69 Å². The van der Waals surface area contributed by atoms with Gasteiger partial charge in [0.25, 0.3) is 0 Å². The van der Waals surface area contributed by atoms with Crippen LogP contribution in [0.15, 0.2) is 66.7 Å². The van der Waals surface area contributed by atoms with Crippen LogP contribution in [-0.2, 0) is 22.6 Å². The highest BCUT2D eigenvalue weighted by atomic mass is 32.2. The van der Waals surface area contributed by atoms with E-state index in [-0.39, 0.29) is 17.6 Å². The molecule has 6 nitrogen and oxygen atoms in total. The van der Waals surface area contributed by atoms with E-state index in [1.807, 2.05) is 55.6 Å². The molecular formula is C28H28N2O4S. The van der Waals surface area contributed by atoms with Crippen molar-refractivity contribution in [1.29, 1.82) is 0 Å². The van der Waals surface area contributed by atoms with Gasteiger partial charge in [-0.25, -0.2) is 8.42 Å². The predicted molar refractivity (Wildman–Crippen MR) is 140 cm³/mol. The Hall–Kier alpha value is -3.42. The van der Waals surface area contributed by atoms with Crippen LogP contribution in [0.3, 0.4) is 0 Å². The van der Waals surface area contributed by atoms with Gasteiger partial charge < -0.3 is 14.2 Å². The van der Waals surface area contributed by atoms with Gasteiger partial charge in [0.05, 0.1) is 21.0 Å². The van der Waals surface area contributed by atoms with Crippen LogP contribution in [-0.4, -0.2) is 45.2 Å². The van der Waals surface area contributed by atoms with E-state index in [9.17, 15) is 18.1 Å². The summed E-state index contributed by atoms with van der Waals surface area (Å²) < 4.78 is 37.7. The number of rotatable bonds is 6. The zero-order valence-corrected chi connectivity index (χ0v) is 20.8. The minimum Gasteiger partial charge on any atom is -0.748 e. The van der Waals surface area contributed by atoms with Gasteiger partial charge in [-0.15, -0.1) is 0 Å². The average molecular weight is 489 g/mol. The number of nitrogens with zero attached hydrogens (tertiary/aromatic N) is 2. The highest BCUT2D eigenvalue weighted by molar-refractivity contribution is 7.85. The molecule has 7 heteroatoms. The Morgan fingerprint density at radius 1 is 1.00 bits per heavy atom. The lowest BCUT2D eigenvalue weighted by atomic mass is 9.81. The number of para-hydroxylation sites is 2. The van der Waals surface area contributed by atoms with E-state index in [0.717, 1.165) is 38.8 Å². The standard InChI is InChI=1S/C28H28N2O4S/c1-28(2)22-10-5-7-12-24(22)30(15-8-16-35(32,33)34)27(28)14-13-19-17-21-20-9-4-6-11-23(20)29(3)25(21)18-26(19)31/h4-7,9-14,17-18H,8,15-16H2,1-3H3,(H,32,33,34). The fourth-order valence-electron chi connectivity index (χ4n) is 5.29. The summed E-state index contributed by atoms with van der Waals surface area (Å²) in [5.74, 6) is -0.209. The molecule has 0 saturated heterocycles. The molecule has 0 spiro atoms. The summed E-state index contributed by atoms with van der Waals surface area (Å²) in [6.45, 7) is 4.67. The van der Waals surface area contributed by atoms with Gasteiger partial charge >= 0.3 is 0 Å². The van der Waals surface area contributed by atoms with Gasteiger partial charge in [0.1, 0.15) is 12.3 Å². The molecule has 0 fully saturated rings. The number of aromatic nitrogens is 1.